The van der Waals surface area contributed by atoms with Gasteiger partial charge in [0.15, 0.2) is 11.6 Å². The lowest BCUT2D eigenvalue weighted by molar-refractivity contribution is -0.0264. The highest BCUT2D eigenvalue weighted by atomic mass is 79.9. The number of rotatable bonds is 3. The van der Waals surface area contributed by atoms with Gasteiger partial charge in [-0.15, -0.1) is 0 Å². The second-order valence-corrected chi connectivity index (χ2v) is 6.16. The van der Waals surface area contributed by atoms with Gasteiger partial charge in [0.1, 0.15) is 6.10 Å². The molecular formula is C14H18BrFO. The Morgan fingerprint density at radius 2 is 2.24 bits per heavy atom. The number of hydrogen-bond acceptors (Lipinski definition) is 1. The Morgan fingerprint density at radius 1 is 1.53 bits per heavy atom. The molecule has 17 heavy (non-hydrogen) atoms. The molecule has 0 heterocycles. The summed E-state index contributed by atoms with van der Waals surface area (Å²) in [6, 6.07) is 5.30. The van der Waals surface area contributed by atoms with Crippen LogP contribution in [0.5, 0.6) is 5.75 Å². The maximum absolute atomic E-state index is 13.8. The van der Waals surface area contributed by atoms with Crippen LogP contribution in [0.4, 0.5) is 4.39 Å². The average molecular weight is 301 g/mol. The first-order valence-corrected chi connectivity index (χ1v) is 6.96. The van der Waals surface area contributed by atoms with E-state index in [1.165, 1.54) is 0 Å². The Labute approximate surface area is 110 Å². The Bertz CT molecular complexity index is 421. The Morgan fingerprint density at radius 3 is 2.82 bits per heavy atom. The minimum atomic E-state index is -0.232. The van der Waals surface area contributed by atoms with E-state index in [0.717, 1.165) is 12.8 Å². The molecule has 1 fully saturated rings. The number of benzene rings is 1. The second kappa shape index (κ2) is 4.60. The molecule has 1 aromatic rings. The molecule has 1 aromatic carbocycles. The number of ether oxygens (including phenoxy) is 1. The SMILES string of the molecule is CCC1(C)C(Br)CC1Oc1cccc(C)c1F. The molecule has 2 rings (SSSR count). The van der Waals surface area contributed by atoms with Crippen molar-refractivity contribution in [3.8, 4) is 5.75 Å². The molecule has 0 saturated heterocycles. The Kier molecular flexibility index (Phi) is 3.48. The summed E-state index contributed by atoms with van der Waals surface area (Å²) in [5, 5.41) is 0. The third kappa shape index (κ3) is 2.10. The molecule has 0 aromatic heterocycles. The highest BCUT2D eigenvalue weighted by molar-refractivity contribution is 9.09. The van der Waals surface area contributed by atoms with E-state index >= 15 is 0 Å². The van der Waals surface area contributed by atoms with Gasteiger partial charge in [0.2, 0.25) is 0 Å². The van der Waals surface area contributed by atoms with Crippen molar-refractivity contribution >= 4 is 15.9 Å². The third-order valence-corrected chi connectivity index (χ3v) is 5.48. The summed E-state index contributed by atoms with van der Waals surface area (Å²) in [6.45, 7) is 6.10. The third-order valence-electron chi connectivity index (χ3n) is 4.06. The predicted octanol–water partition coefficient (Wildman–Crippen LogP) is 4.47. The van der Waals surface area contributed by atoms with Gasteiger partial charge in [-0.1, -0.05) is 41.9 Å². The molecule has 1 nitrogen and oxygen atoms in total. The quantitative estimate of drug-likeness (QED) is 0.749. The van der Waals surface area contributed by atoms with Crippen molar-refractivity contribution < 1.29 is 9.13 Å². The van der Waals surface area contributed by atoms with Crippen LogP contribution in [0.3, 0.4) is 0 Å². The van der Waals surface area contributed by atoms with Gasteiger partial charge in [0.25, 0.3) is 0 Å². The zero-order valence-electron chi connectivity index (χ0n) is 10.5. The predicted molar refractivity (Wildman–Crippen MR) is 71.3 cm³/mol. The minimum absolute atomic E-state index is 0.105. The maximum atomic E-state index is 13.8. The van der Waals surface area contributed by atoms with Gasteiger partial charge in [-0.05, 0) is 31.4 Å². The first-order valence-electron chi connectivity index (χ1n) is 6.05. The van der Waals surface area contributed by atoms with Crippen molar-refractivity contribution in [3.63, 3.8) is 0 Å². The van der Waals surface area contributed by atoms with Gasteiger partial charge in [0, 0.05) is 10.2 Å². The summed E-state index contributed by atoms with van der Waals surface area (Å²) in [5.74, 6) is 0.151. The molecular weight excluding hydrogens is 283 g/mol. The molecule has 0 bridgehead atoms. The van der Waals surface area contributed by atoms with Crippen LogP contribution in [-0.4, -0.2) is 10.9 Å². The maximum Gasteiger partial charge on any atom is 0.167 e. The van der Waals surface area contributed by atoms with Crippen molar-refractivity contribution in [2.45, 2.75) is 44.5 Å². The van der Waals surface area contributed by atoms with Crippen molar-refractivity contribution in [1.82, 2.24) is 0 Å². The van der Waals surface area contributed by atoms with E-state index in [2.05, 4.69) is 29.8 Å². The van der Waals surface area contributed by atoms with Crippen LogP contribution in [0.25, 0.3) is 0 Å². The zero-order chi connectivity index (χ0) is 12.6. The monoisotopic (exact) mass is 300 g/mol. The van der Waals surface area contributed by atoms with Gasteiger partial charge < -0.3 is 4.74 Å². The highest BCUT2D eigenvalue weighted by Crippen LogP contribution is 2.50. The Hall–Kier alpha value is -0.570. The summed E-state index contributed by atoms with van der Waals surface area (Å²) >= 11 is 3.66. The molecule has 0 aliphatic heterocycles. The molecule has 3 unspecified atom stereocenters. The lowest BCUT2D eigenvalue weighted by Crippen LogP contribution is -2.54. The molecule has 94 valence electrons. The fourth-order valence-electron chi connectivity index (χ4n) is 2.26. The van der Waals surface area contributed by atoms with Crippen LogP contribution in [0, 0.1) is 18.2 Å². The molecule has 3 atom stereocenters. The van der Waals surface area contributed by atoms with Crippen molar-refractivity contribution in [2.24, 2.45) is 5.41 Å². The van der Waals surface area contributed by atoms with E-state index in [0.29, 0.717) is 16.1 Å². The van der Waals surface area contributed by atoms with Crippen LogP contribution in [0.2, 0.25) is 0 Å². The van der Waals surface area contributed by atoms with Gasteiger partial charge in [-0.3, -0.25) is 0 Å². The standard InChI is InChI=1S/C14H18BrFO/c1-4-14(3)11(15)8-12(14)17-10-7-5-6-9(2)13(10)16/h5-7,11-12H,4,8H2,1-3H3. The Balaban J connectivity index is 2.15. The molecule has 1 aliphatic carbocycles. The average Bonchev–Trinajstić information content (AvgIpc) is 2.33. The topological polar surface area (TPSA) is 9.23 Å². The van der Waals surface area contributed by atoms with E-state index in [9.17, 15) is 4.39 Å². The van der Waals surface area contributed by atoms with Crippen molar-refractivity contribution in [3.05, 3.63) is 29.6 Å². The first kappa shape index (κ1) is 12.9. The first-order chi connectivity index (χ1) is 7.99. The molecule has 3 heteroatoms. The van der Waals surface area contributed by atoms with E-state index in [4.69, 9.17) is 4.74 Å². The fraction of sp³-hybridized carbons (Fsp3) is 0.571. The van der Waals surface area contributed by atoms with Crippen LogP contribution in [0.1, 0.15) is 32.3 Å². The number of hydrogen-bond donors (Lipinski definition) is 0. The largest absolute Gasteiger partial charge is 0.487 e. The van der Waals surface area contributed by atoms with Crippen molar-refractivity contribution in [2.75, 3.05) is 0 Å². The van der Waals surface area contributed by atoms with E-state index in [-0.39, 0.29) is 17.3 Å². The molecule has 0 radical (unpaired) electrons. The van der Waals surface area contributed by atoms with Gasteiger partial charge in [-0.25, -0.2) is 4.39 Å². The fourth-order valence-corrected chi connectivity index (χ4v) is 3.22. The van der Waals surface area contributed by atoms with Crippen LogP contribution in [0.15, 0.2) is 18.2 Å². The van der Waals surface area contributed by atoms with Crippen LogP contribution in [-0.2, 0) is 0 Å². The molecule has 0 N–H and O–H groups in total. The second-order valence-electron chi connectivity index (χ2n) is 5.06. The number of aryl methyl sites for hydroxylation is 1. The normalized spacial score (nSPS) is 32.1. The number of alkyl halides is 1. The minimum Gasteiger partial charge on any atom is -0.487 e. The number of halogens is 2. The smallest absolute Gasteiger partial charge is 0.167 e. The summed E-state index contributed by atoms with van der Waals surface area (Å²) < 4.78 is 19.7. The summed E-state index contributed by atoms with van der Waals surface area (Å²) in [4.78, 5) is 0.470. The van der Waals surface area contributed by atoms with Crippen LogP contribution < -0.4 is 4.74 Å². The van der Waals surface area contributed by atoms with E-state index in [1.54, 1.807) is 19.1 Å². The lowest BCUT2D eigenvalue weighted by Gasteiger charge is -2.50. The highest BCUT2D eigenvalue weighted by Gasteiger charge is 2.51. The van der Waals surface area contributed by atoms with Crippen molar-refractivity contribution in [1.29, 1.82) is 0 Å². The molecule has 0 spiro atoms. The zero-order valence-corrected chi connectivity index (χ0v) is 12.1. The van der Waals surface area contributed by atoms with Crippen LogP contribution >= 0.6 is 15.9 Å². The summed E-state index contributed by atoms with van der Waals surface area (Å²) in [6.07, 6.45) is 2.08. The van der Waals surface area contributed by atoms with E-state index in [1.807, 2.05) is 6.07 Å². The van der Waals surface area contributed by atoms with Gasteiger partial charge in [-0.2, -0.15) is 0 Å². The van der Waals surface area contributed by atoms with Gasteiger partial charge >= 0.3 is 0 Å². The summed E-state index contributed by atoms with van der Waals surface area (Å²) in [5.41, 5.74) is 0.742. The molecule has 0 amide bonds. The molecule has 1 aliphatic rings. The van der Waals surface area contributed by atoms with E-state index < -0.39 is 0 Å². The van der Waals surface area contributed by atoms with Gasteiger partial charge in [0.05, 0.1) is 0 Å². The summed E-state index contributed by atoms with van der Waals surface area (Å²) in [7, 11) is 0. The molecule has 1 saturated carbocycles. The lowest BCUT2D eigenvalue weighted by atomic mass is 9.65.